The van der Waals surface area contributed by atoms with E-state index in [0.29, 0.717) is 18.0 Å². The van der Waals surface area contributed by atoms with E-state index in [4.69, 9.17) is 0 Å². The highest BCUT2D eigenvalue weighted by atomic mass is 35.5. The minimum Gasteiger partial charge on any atom is -0.361 e. The second kappa shape index (κ2) is 8.93. The van der Waals surface area contributed by atoms with E-state index in [9.17, 15) is 10.1 Å². The maximum Gasteiger partial charge on any atom is 0.274 e. The molecule has 6 nitrogen and oxygen atoms in total. The Labute approximate surface area is 186 Å². The highest BCUT2D eigenvalue weighted by molar-refractivity contribution is 5.85. The van der Waals surface area contributed by atoms with Gasteiger partial charge in [0.25, 0.3) is 5.56 Å². The summed E-state index contributed by atoms with van der Waals surface area (Å²) in [5.74, 6) is 0.580. The highest BCUT2D eigenvalue weighted by Gasteiger charge is 2.23. The molecule has 4 aromatic rings. The predicted octanol–water partition coefficient (Wildman–Crippen LogP) is 3.74. The fourth-order valence-corrected chi connectivity index (χ4v) is 4.53. The van der Waals surface area contributed by atoms with Crippen molar-refractivity contribution in [2.45, 2.75) is 19.4 Å². The Bertz CT molecular complexity index is 1320. The summed E-state index contributed by atoms with van der Waals surface area (Å²) in [7, 11) is 0. The molecule has 7 heteroatoms. The van der Waals surface area contributed by atoms with Crippen LogP contribution in [0.4, 0.5) is 0 Å². The van der Waals surface area contributed by atoms with Gasteiger partial charge in [0.2, 0.25) is 0 Å². The minimum atomic E-state index is -0.0177. The number of H-pyrrole nitrogens is 1. The third-order valence-corrected chi connectivity index (χ3v) is 6.16. The Balaban J connectivity index is 0.00000231. The van der Waals surface area contributed by atoms with Crippen molar-refractivity contribution in [2.75, 3.05) is 19.6 Å². The number of nitrogens with one attached hydrogen (secondary N) is 1. The Kier molecular flexibility index (Phi) is 6.08. The average Bonchev–Trinajstić information content (AvgIpc) is 3.40. The normalized spacial score (nSPS) is 16.4. The number of aromatic amines is 1. The predicted molar refractivity (Wildman–Crippen MR) is 125 cm³/mol. The summed E-state index contributed by atoms with van der Waals surface area (Å²) in [5, 5.41) is 16.3. The zero-order valence-electron chi connectivity index (χ0n) is 17.1. The van der Waals surface area contributed by atoms with Crippen LogP contribution in [0.5, 0.6) is 0 Å². The molecule has 3 heterocycles. The van der Waals surface area contributed by atoms with Crippen LogP contribution in [0.3, 0.4) is 0 Å². The van der Waals surface area contributed by atoms with Gasteiger partial charge in [-0.15, -0.1) is 12.4 Å². The zero-order chi connectivity index (χ0) is 20.5. The smallest absolute Gasteiger partial charge is 0.274 e. The third-order valence-electron chi connectivity index (χ3n) is 6.16. The molecule has 0 aliphatic carbocycles. The lowest BCUT2D eigenvalue weighted by molar-refractivity contribution is 0.301. The lowest BCUT2D eigenvalue weighted by Crippen LogP contribution is -2.31. The molecule has 31 heavy (non-hydrogen) atoms. The molecule has 2 aromatic heterocycles. The Morgan fingerprint density at radius 3 is 2.90 bits per heavy atom. The fraction of sp³-hybridized carbons (Fsp3) is 0.292. The summed E-state index contributed by atoms with van der Waals surface area (Å²) in [6.45, 7) is 3.49. The largest absolute Gasteiger partial charge is 0.361 e. The van der Waals surface area contributed by atoms with Gasteiger partial charge in [-0.25, -0.2) is 4.68 Å². The number of likely N-dealkylation sites (tertiary alicyclic amines) is 1. The van der Waals surface area contributed by atoms with Crippen molar-refractivity contribution in [1.29, 1.82) is 5.26 Å². The SMILES string of the molecule is Cl.N#Cc1ccc2[nH]cc(CC3CCN(CCn4ncc5ccccc5c4=O)C3)c2c1. The molecule has 1 saturated heterocycles. The topological polar surface area (TPSA) is 77.7 Å². The van der Waals surface area contributed by atoms with Crippen molar-refractivity contribution < 1.29 is 0 Å². The van der Waals surface area contributed by atoms with E-state index >= 15 is 0 Å². The molecule has 1 unspecified atom stereocenters. The van der Waals surface area contributed by atoms with Crippen LogP contribution in [-0.2, 0) is 13.0 Å². The number of halogens is 1. The maximum absolute atomic E-state index is 12.6. The van der Waals surface area contributed by atoms with Crippen LogP contribution in [0, 0.1) is 17.2 Å². The number of hydrogen-bond acceptors (Lipinski definition) is 4. The second-order valence-electron chi connectivity index (χ2n) is 8.11. The van der Waals surface area contributed by atoms with Crippen molar-refractivity contribution in [3.05, 3.63) is 76.3 Å². The molecule has 0 radical (unpaired) electrons. The van der Waals surface area contributed by atoms with Crippen LogP contribution in [-0.4, -0.2) is 39.3 Å². The van der Waals surface area contributed by atoms with Gasteiger partial charge in [0.15, 0.2) is 0 Å². The van der Waals surface area contributed by atoms with Crippen LogP contribution in [0.2, 0.25) is 0 Å². The van der Waals surface area contributed by atoms with Crippen LogP contribution < -0.4 is 5.56 Å². The summed E-state index contributed by atoms with van der Waals surface area (Å²) in [4.78, 5) is 18.4. The Morgan fingerprint density at radius 2 is 2.03 bits per heavy atom. The van der Waals surface area contributed by atoms with Gasteiger partial charge >= 0.3 is 0 Å². The first-order valence-electron chi connectivity index (χ1n) is 10.4. The number of benzene rings is 2. The molecule has 0 bridgehead atoms. The van der Waals surface area contributed by atoms with Gasteiger partial charge in [-0.2, -0.15) is 10.4 Å². The van der Waals surface area contributed by atoms with Crippen molar-refractivity contribution in [2.24, 2.45) is 5.92 Å². The summed E-state index contributed by atoms with van der Waals surface area (Å²) in [6.07, 6.45) is 5.99. The zero-order valence-corrected chi connectivity index (χ0v) is 17.9. The molecule has 1 aliphatic heterocycles. The third kappa shape index (κ3) is 4.20. The molecule has 1 aliphatic rings. The molecular formula is C24H24ClN5O. The molecule has 0 amide bonds. The highest BCUT2D eigenvalue weighted by Crippen LogP contribution is 2.26. The number of fused-ring (bicyclic) bond motifs is 2. The van der Waals surface area contributed by atoms with Gasteiger partial charge in [0.1, 0.15) is 0 Å². The lowest BCUT2D eigenvalue weighted by Gasteiger charge is -2.16. The van der Waals surface area contributed by atoms with E-state index in [1.807, 2.05) is 42.5 Å². The first-order valence-corrected chi connectivity index (χ1v) is 10.4. The monoisotopic (exact) mass is 433 g/mol. The van der Waals surface area contributed by atoms with Gasteiger partial charge in [-0.3, -0.25) is 4.79 Å². The molecule has 1 N–H and O–H groups in total. The number of rotatable bonds is 5. The summed E-state index contributed by atoms with van der Waals surface area (Å²) < 4.78 is 1.58. The van der Waals surface area contributed by atoms with E-state index in [1.54, 1.807) is 10.9 Å². The summed E-state index contributed by atoms with van der Waals surface area (Å²) in [6, 6.07) is 15.6. The van der Waals surface area contributed by atoms with Crippen molar-refractivity contribution in [1.82, 2.24) is 19.7 Å². The summed E-state index contributed by atoms with van der Waals surface area (Å²) in [5.41, 5.74) is 3.04. The average molecular weight is 434 g/mol. The van der Waals surface area contributed by atoms with Gasteiger partial charge in [0, 0.05) is 35.6 Å². The maximum atomic E-state index is 12.6. The molecule has 0 saturated carbocycles. The van der Waals surface area contributed by atoms with E-state index in [2.05, 4.69) is 27.2 Å². The molecule has 158 valence electrons. The first-order chi connectivity index (χ1) is 14.7. The quantitative estimate of drug-likeness (QED) is 0.520. The van der Waals surface area contributed by atoms with E-state index in [0.717, 1.165) is 54.2 Å². The van der Waals surface area contributed by atoms with E-state index in [1.165, 1.54) is 5.56 Å². The van der Waals surface area contributed by atoms with E-state index in [-0.39, 0.29) is 18.0 Å². The van der Waals surface area contributed by atoms with Gasteiger partial charge < -0.3 is 9.88 Å². The van der Waals surface area contributed by atoms with Gasteiger partial charge in [-0.05, 0) is 55.1 Å². The molecule has 2 aromatic carbocycles. The Morgan fingerprint density at radius 1 is 1.16 bits per heavy atom. The number of aromatic nitrogens is 3. The van der Waals surface area contributed by atoms with Crippen molar-refractivity contribution in [3.63, 3.8) is 0 Å². The Hall–Kier alpha value is -3.14. The van der Waals surface area contributed by atoms with Crippen LogP contribution in [0.1, 0.15) is 17.5 Å². The minimum absolute atomic E-state index is 0. The standard InChI is InChI=1S/C24H23N5O.ClH/c25-13-17-5-6-23-22(12-17)20(14-26-23)11-18-7-8-28(16-18)9-10-29-24(30)21-4-2-1-3-19(21)15-27-29;/h1-6,12,14-15,18,26H,7-11,16H2;1H. The van der Waals surface area contributed by atoms with Crippen LogP contribution in [0.15, 0.2) is 59.7 Å². The van der Waals surface area contributed by atoms with Gasteiger partial charge in [-0.1, -0.05) is 18.2 Å². The second-order valence-corrected chi connectivity index (χ2v) is 8.11. The molecule has 5 rings (SSSR count). The lowest BCUT2D eigenvalue weighted by atomic mass is 9.98. The molecule has 0 spiro atoms. The van der Waals surface area contributed by atoms with E-state index < -0.39 is 0 Å². The molecular weight excluding hydrogens is 410 g/mol. The number of nitrogens with zero attached hydrogens (tertiary/aromatic N) is 4. The molecule has 1 atom stereocenters. The fourth-order valence-electron chi connectivity index (χ4n) is 4.53. The first kappa shape index (κ1) is 21.1. The summed E-state index contributed by atoms with van der Waals surface area (Å²) >= 11 is 0. The van der Waals surface area contributed by atoms with Crippen LogP contribution >= 0.6 is 12.4 Å². The molecule has 1 fully saturated rings. The van der Waals surface area contributed by atoms with Crippen LogP contribution in [0.25, 0.3) is 21.7 Å². The van der Waals surface area contributed by atoms with Gasteiger partial charge in [0.05, 0.1) is 29.8 Å². The number of hydrogen-bond donors (Lipinski definition) is 1. The van der Waals surface area contributed by atoms with Crippen molar-refractivity contribution in [3.8, 4) is 6.07 Å². The number of nitriles is 1. The van der Waals surface area contributed by atoms with Crippen molar-refractivity contribution >= 4 is 34.1 Å².